The first-order valence-electron chi connectivity index (χ1n) is 7.43. The van der Waals surface area contributed by atoms with E-state index in [-0.39, 0.29) is 5.54 Å². The summed E-state index contributed by atoms with van der Waals surface area (Å²) in [7, 11) is 0. The largest absolute Gasteiger partial charge is 0.354 e. The van der Waals surface area contributed by atoms with Crippen LogP contribution in [0, 0.1) is 0 Å². The van der Waals surface area contributed by atoms with E-state index in [0.29, 0.717) is 5.15 Å². The Labute approximate surface area is 127 Å². The van der Waals surface area contributed by atoms with E-state index < -0.39 is 0 Å². The minimum absolute atomic E-state index is 0.239. The van der Waals surface area contributed by atoms with E-state index in [2.05, 4.69) is 47.5 Å². The summed E-state index contributed by atoms with van der Waals surface area (Å²) in [6, 6.07) is 1.88. The number of halogens is 1. The fourth-order valence-corrected chi connectivity index (χ4v) is 2.75. The van der Waals surface area contributed by atoms with Crippen molar-refractivity contribution in [3.05, 3.63) is 17.0 Å². The summed E-state index contributed by atoms with van der Waals surface area (Å²) in [6.07, 6.45) is 1.92. The van der Waals surface area contributed by atoms with Gasteiger partial charge in [0.15, 0.2) is 0 Å². The van der Waals surface area contributed by atoms with E-state index in [9.17, 15) is 0 Å². The van der Waals surface area contributed by atoms with Gasteiger partial charge in [-0.1, -0.05) is 18.5 Å². The molecule has 0 atom stereocenters. The smallest absolute Gasteiger partial charge is 0.134 e. The summed E-state index contributed by atoms with van der Waals surface area (Å²) in [4.78, 5) is 13.8. The molecule has 2 heterocycles. The molecule has 0 bridgehead atoms. The molecule has 5 heteroatoms. The third-order valence-electron chi connectivity index (χ3n) is 3.75. The van der Waals surface area contributed by atoms with Crippen LogP contribution >= 0.6 is 11.6 Å². The average Bonchev–Trinajstić information content (AvgIpc) is 2.37. The van der Waals surface area contributed by atoms with Gasteiger partial charge >= 0.3 is 0 Å². The molecular weight excluding hydrogens is 272 g/mol. The highest BCUT2D eigenvalue weighted by Gasteiger charge is 2.26. The molecule has 0 radical (unpaired) electrons. The van der Waals surface area contributed by atoms with Gasteiger partial charge in [-0.05, 0) is 27.2 Å². The average molecular weight is 297 g/mol. The van der Waals surface area contributed by atoms with Crippen LogP contribution in [-0.4, -0.2) is 46.6 Å². The highest BCUT2D eigenvalue weighted by molar-refractivity contribution is 6.29. The van der Waals surface area contributed by atoms with Crippen molar-refractivity contribution < 1.29 is 0 Å². The minimum atomic E-state index is 0.239. The van der Waals surface area contributed by atoms with Crippen LogP contribution in [0.3, 0.4) is 0 Å². The molecule has 112 valence electrons. The molecule has 0 unspecified atom stereocenters. The van der Waals surface area contributed by atoms with Crippen LogP contribution in [0.2, 0.25) is 5.15 Å². The minimum Gasteiger partial charge on any atom is -0.354 e. The van der Waals surface area contributed by atoms with Crippen molar-refractivity contribution in [3.8, 4) is 0 Å². The van der Waals surface area contributed by atoms with Gasteiger partial charge < -0.3 is 4.90 Å². The molecule has 1 aliphatic heterocycles. The first-order valence-corrected chi connectivity index (χ1v) is 7.81. The second-order valence-corrected chi connectivity index (χ2v) is 6.75. The number of aryl methyl sites for hydroxylation is 1. The van der Waals surface area contributed by atoms with Gasteiger partial charge in [-0.2, -0.15) is 0 Å². The van der Waals surface area contributed by atoms with Gasteiger partial charge in [0.1, 0.15) is 16.8 Å². The SMILES string of the molecule is CCCc1nc(Cl)cc(N2CCN(C(C)(C)C)CC2)n1. The Morgan fingerprint density at radius 3 is 2.35 bits per heavy atom. The molecule has 1 aliphatic rings. The van der Waals surface area contributed by atoms with Crippen molar-refractivity contribution in [2.75, 3.05) is 31.1 Å². The molecule has 20 heavy (non-hydrogen) atoms. The van der Waals surface area contributed by atoms with Crippen LogP contribution in [-0.2, 0) is 6.42 Å². The van der Waals surface area contributed by atoms with Crippen molar-refractivity contribution in [1.82, 2.24) is 14.9 Å². The lowest BCUT2D eigenvalue weighted by Crippen LogP contribution is -2.53. The van der Waals surface area contributed by atoms with Gasteiger partial charge in [0.05, 0.1) is 0 Å². The van der Waals surface area contributed by atoms with E-state index in [1.54, 1.807) is 0 Å². The monoisotopic (exact) mass is 296 g/mol. The molecule has 0 aliphatic carbocycles. The number of hydrogen-bond acceptors (Lipinski definition) is 4. The Balaban J connectivity index is 2.07. The molecule has 1 saturated heterocycles. The lowest BCUT2D eigenvalue weighted by molar-refractivity contribution is 0.128. The van der Waals surface area contributed by atoms with E-state index in [1.807, 2.05) is 6.07 Å². The Hall–Kier alpha value is -0.870. The number of hydrogen-bond donors (Lipinski definition) is 0. The number of anilines is 1. The zero-order valence-corrected chi connectivity index (χ0v) is 13.7. The van der Waals surface area contributed by atoms with Gasteiger partial charge in [-0.3, -0.25) is 4.90 Å². The maximum Gasteiger partial charge on any atom is 0.134 e. The fourth-order valence-electron chi connectivity index (χ4n) is 2.56. The zero-order chi connectivity index (χ0) is 14.8. The molecule has 1 aromatic heterocycles. The maximum atomic E-state index is 6.12. The quantitative estimate of drug-likeness (QED) is 0.803. The Bertz CT molecular complexity index is 448. The van der Waals surface area contributed by atoms with Crippen LogP contribution < -0.4 is 4.90 Å². The fraction of sp³-hybridized carbons (Fsp3) is 0.733. The Morgan fingerprint density at radius 1 is 1.15 bits per heavy atom. The van der Waals surface area contributed by atoms with Crippen molar-refractivity contribution in [2.45, 2.75) is 46.1 Å². The summed E-state index contributed by atoms with van der Waals surface area (Å²) in [6.45, 7) is 13.1. The molecule has 1 aromatic rings. The highest BCUT2D eigenvalue weighted by atomic mass is 35.5. The molecule has 0 amide bonds. The van der Waals surface area contributed by atoms with Crippen LogP contribution in [0.1, 0.15) is 39.9 Å². The topological polar surface area (TPSA) is 32.3 Å². The van der Waals surface area contributed by atoms with E-state index in [1.165, 1.54) is 0 Å². The van der Waals surface area contributed by atoms with E-state index >= 15 is 0 Å². The lowest BCUT2D eigenvalue weighted by Gasteiger charge is -2.42. The number of piperazine rings is 1. The molecule has 0 saturated carbocycles. The van der Waals surface area contributed by atoms with Crippen molar-refractivity contribution in [1.29, 1.82) is 0 Å². The van der Waals surface area contributed by atoms with Gasteiger partial charge in [0, 0.05) is 44.2 Å². The third kappa shape index (κ3) is 3.83. The first-order chi connectivity index (χ1) is 9.40. The highest BCUT2D eigenvalue weighted by Crippen LogP contribution is 2.21. The van der Waals surface area contributed by atoms with Crippen LogP contribution in [0.25, 0.3) is 0 Å². The predicted octanol–water partition coefficient (Wildman–Crippen LogP) is 3.00. The van der Waals surface area contributed by atoms with Gasteiger partial charge in [-0.15, -0.1) is 0 Å². The molecule has 0 aromatic carbocycles. The Kier molecular flexibility index (Phi) is 4.86. The van der Waals surface area contributed by atoms with E-state index in [4.69, 9.17) is 11.6 Å². The van der Waals surface area contributed by atoms with Crippen LogP contribution in [0.4, 0.5) is 5.82 Å². The molecule has 0 spiro atoms. The Morgan fingerprint density at radius 2 is 1.80 bits per heavy atom. The second kappa shape index (κ2) is 6.27. The van der Waals surface area contributed by atoms with Gasteiger partial charge in [0.25, 0.3) is 0 Å². The van der Waals surface area contributed by atoms with E-state index in [0.717, 1.165) is 50.7 Å². The summed E-state index contributed by atoms with van der Waals surface area (Å²) in [5, 5.41) is 0.553. The summed E-state index contributed by atoms with van der Waals surface area (Å²) in [5.41, 5.74) is 0.239. The van der Waals surface area contributed by atoms with Gasteiger partial charge in [-0.25, -0.2) is 9.97 Å². The van der Waals surface area contributed by atoms with Gasteiger partial charge in [0.2, 0.25) is 0 Å². The summed E-state index contributed by atoms with van der Waals surface area (Å²) >= 11 is 6.12. The number of aromatic nitrogens is 2. The summed E-state index contributed by atoms with van der Waals surface area (Å²) < 4.78 is 0. The number of rotatable bonds is 3. The molecule has 4 nitrogen and oxygen atoms in total. The zero-order valence-electron chi connectivity index (χ0n) is 13.0. The molecule has 0 N–H and O–H groups in total. The number of nitrogens with zero attached hydrogens (tertiary/aromatic N) is 4. The van der Waals surface area contributed by atoms with Crippen molar-refractivity contribution in [2.24, 2.45) is 0 Å². The van der Waals surface area contributed by atoms with Crippen molar-refractivity contribution in [3.63, 3.8) is 0 Å². The molecule has 1 fully saturated rings. The third-order valence-corrected chi connectivity index (χ3v) is 3.95. The van der Waals surface area contributed by atoms with Crippen LogP contribution in [0.5, 0.6) is 0 Å². The predicted molar refractivity (Wildman–Crippen MR) is 84.6 cm³/mol. The first kappa shape index (κ1) is 15.5. The molecule has 2 rings (SSSR count). The molecular formula is C15H25ClN4. The van der Waals surface area contributed by atoms with Crippen LogP contribution in [0.15, 0.2) is 6.07 Å². The lowest BCUT2D eigenvalue weighted by atomic mass is 10.1. The standard InChI is InChI=1S/C15H25ClN4/c1-5-6-13-17-12(16)11-14(18-13)19-7-9-20(10-8-19)15(2,3)4/h11H,5-10H2,1-4H3. The maximum absolute atomic E-state index is 6.12. The summed E-state index contributed by atoms with van der Waals surface area (Å²) in [5.74, 6) is 1.83. The normalized spacial score (nSPS) is 17.6. The second-order valence-electron chi connectivity index (χ2n) is 6.36. The van der Waals surface area contributed by atoms with Crippen molar-refractivity contribution >= 4 is 17.4 Å².